The third-order valence-electron chi connectivity index (χ3n) is 4.55. The molecule has 0 radical (unpaired) electrons. The minimum Gasteiger partial charge on any atom is -0.478 e. The second kappa shape index (κ2) is 10.7. The van der Waals surface area contributed by atoms with Crippen LogP contribution in [0.4, 0.5) is 5.69 Å². The number of rotatable bonds is 8. The van der Waals surface area contributed by atoms with Crippen LogP contribution in [-0.4, -0.2) is 41.1 Å². The van der Waals surface area contributed by atoms with E-state index in [1.54, 1.807) is 54.6 Å². The lowest BCUT2D eigenvalue weighted by Crippen LogP contribution is -2.48. The number of esters is 2. The second-order valence-electron chi connectivity index (χ2n) is 7.08. The summed E-state index contributed by atoms with van der Waals surface area (Å²) < 4.78 is 10.4. The van der Waals surface area contributed by atoms with Gasteiger partial charge in [0.1, 0.15) is 0 Å². The maximum absolute atomic E-state index is 13.0. The Bertz CT molecular complexity index is 1150. The van der Waals surface area contributed by atoms with Crippen LogP contribution < -0.4 is 5.32 Å². The molecule has 0 fully saturated rings. The van der Waals surface area contributed by atoms with Gasteiger partial charge in [-0.2, -0.15) is 0 Å². The zero-order chi connectivity index (χ0) is 23.8. The molecule has 0 unspecified atom stereocenters. The highest BCUT2D eigenvalue weighted by molar-refractivity contribution is 6.01. The Hall–Kier alpha value is -4.46. The zero-order valence-electron chi connectivity index (χ0n) is 17.6. The minimum absolute atomic E-state index is 0.0796. The van der Waals surface area contributed by atoms with Gasteiger partial charge in [-0.25, -0.2) is 14.4 Å². The first-order valence-electron chi connectivity index (χ1n) is 9.97. The van der Waals surface area contributed by atoms with E-state index in [1.165, 1.54) is 24.3 Å². The van der Waals surface area contributed by atoms with Crippen molar-refractivity contribution < 1.29 is 33.8 Å². The molecule has 0 saturated heterocycles. The van der Waals surface area contributed by atoms with Crippen molar-refractivity contribution in [1.29, 1.82) is 0 Å². The summed E-state index contributed by atoms with van der Waals surface area (Å²) in [5, 5.41) is 12.3. The van der Waals surface area contributed by atoms with Crippen molar-refractivity contribution in [2.45, 2.75) is 19.1 Å². The highest BCUT2D eigenvalue weighted by atomic mass is 16.6. The van der Waals surface area contributed by atoms with Crippen LogP contribution in [0, 0.1) is 6.92 Å². The van der Waals surface area contributed by atoms with Gasteiger partial charge >= 0.3 is 17.9 Å². The number of anilines is 1. The van der Waals surface area contributed by atoms with Gasteiger partial charge in [-0.3, -0.25) is 4.79 Å². The van der Waals surface area contributed by atoms with Crippen LogP contribution in [0.5, 0.6) is 0 Å². The van der Waals surface area contributed by atoms with E-state index in [1.807, 2.05) is 13.0 Å². The number of hydrogen-bond donors (Lipinski definition) is 2. The van der Waals surface area contributed by atoms with Crippen LogP contribution >= 0.6 is 0 Å². The molecule has 3 aromatic rings. The van der Waals surface area contributed by atoms with Crippen LogP contribution in [-0.2, 0) is 19.1 Å². The molecule has 33 heavy (non-hydrogen) atoms. The van der Waals surface area contributed by atoms with Crippen LogP contribution in [0.3, 0.4) is 0 Å². The van der Waals surface area contributed by atoms with Gasteiger partial charge in [0.15, 0.2) is 0 Å². The highest BCUT2D eigenvalue weighted by Crippen LogP contribution is 2.16. The van der Waals surface area contributed by atoms with E-state index >= 15 is 0 Å². The molecule has 0 bridgehead atoms. The molecule has 8 heteroatoms. The molecule has 0 saturated carbocycles. The average Bonchev–Trinajstić information content (AvgIpc) is 2.82. The number of carboxylic acids is 1. The van der Waals surface area contributed by atoms with Crippen LogP contribution in [0.25, 0.3) is 0 Å². The topological polar surface area (TPSA) is 119 Å². The van der Waals surface area contributed by atoms with E-state index in [0.29, 0.717) is 5.69 Å². The van der Waals surface area contributed by atoms with Gasteiger partial charge in [0.2, 0.25) is 12.2 Å². The third kappa shape index (κ3) is 6.27. The first kappa shape index (κ1) is 23.2. The molecule has 2 atom stereocenters. The number of benzene rings is 3. The summed E-state index contributed by atoms with van der Waals surface area (Å²) in [5.41, 5.74) is 1.38. The summed E-state index contributed by atoms with van der Waals surface area (Å²) in [6.07, 6.45) is -4.04. The van der Waals surface area contributed by atoms with E-state index in [0.717, 1.165) is 5.56 Å². The van der Waals surface area contributed by atoms with Gasteiger partial charge < -0.3 is 19.9 Å². The quantitative estimate of drug-likeness (QED) is 0.508. The standard InChI is InChI=1S/C25H21NO7/c1-16-9-8-14-19(15-16)26-22(27)20(32-24(30)17-10-4-2-5-11-17)21(23(28)29)33-25(31)18-12-6-3-7-13-18/h2-15,20-21H,1H3,(H,26,27)(H,28,29)/t20-,21-/m1/s1. The molecular formula is C25H21NO7. The van der Waals surface area contributed by atoms with E-state index in [2.05, 4.69) is 5.32 Å². The SMILES string of the molecule is Cc1cccc(NC(=O)[C@H](OC(=O)c2ccccc2)[C@@H](OC(=O)c2ccccc2)C(=O)O)c1. The molecule has 2 N–H and O–H groups in total. The molecule has 8 nitrogen and oxygen atoms in total. The molecule has 0 aromatic heterocycles. The fraction of sp³-hybridized carbons (Fsp3) is 0.120. The first-order chi connectivity index (χ1) is 15.8. The molecule has 0 spiro atoms. The van der Waals surface area contributed by atoms with Crippen molar-refractivity contribution >= 4 is 29.5 Å². The molecule has 1 amide bonds. The van der Waals surface area contributed by atoms with Gasteiger partial charge in [-0.1, -0.05) is 48.5 Å². The largest absolute Gasteiger partial charge is 0.478 e. The summed E-state index contributed by atoms with van der Waals surface area (Å²) in [4.78, 5) is 50.1. The minimum atomic E-state index is -2.09. The molecule has 3 aromatic carbocycles. The Labute approximate surface area is 189 Å². The van der Waals surface area contributed by atoms with Gasteiger partial charge in [0.05, 0.1) is 11.1 Å². The summed E-state index contributed by atoms with van der Waals surface area (Å²) in [7, 11) is 0. The van der Waals surface area contributed by atoms with Crippen molar-refractivity contribution in [3.05, 3.63) is 102 Å². The lowest BCUT2D eigenvalue weighted by atomic mass is 10.1. The first-order valence-corrected chi connectivity index (χ1v) is 9.97. The number of nitrogens with one attached hydrogen (secondary N) is 1. The Balaban J connectivity index is 1.90. The maximum Gasteiger partial charge on any atom is 0.349 e. The van der Waals surface area contributed by atoms with E-state index < -0.39 is 36.0 Å². The van der Waals surface area contributed by atoms with Crippen molar-refractivity contribution in [3.63, 3.8) is 0 Å². The molecular weight excluding hydrogens is 426 g/mol. The molecule has 0 aliphatic heterocycles. The number of ether oxygens (including phenoxy) is 2. The number of carboxylic acid groups (broad SMARTS) is 1. The summed E-state index contributed by atoms with van der Waals surface area (Å²) >= 11 is 0. The highest BCUT2D eigenvalue weighted by Gasteiger charge is 2.41. The number of aliphatic carboxylic acids is 1. The summed E-state index contributed by atoms with van der Waals surface area (Å²) in [6, 6.07) is 22.2. The van der Waals surface area contributed by atoms with E-state index in [-0.39, 0.29) is 11.1 Å². The van der Waals surface area contributed by atoms with E-state index in [4.69, 9.17) is 9.47 Å². The molecule has 168 valence electrons. The second-order valence-corrected chi connectivity index (χ2v) is 7.08. The Kier molecular flexibility index (Phi) is 7.54. The van der Waals surface area contributed by atoms with Gasteiger partial charge in [0.25, 0.3) is 5.91 Å². The number of hydrogen-bond acceptors (Lipinski definition) is 6. The van der Waals surface area contributed by atoms with Crippen LogP contribution in [0.2, 0.25) is 0 Å². The Morgan fingerprint density at radius 1 is 0.727 bits per heavy atom. The van der Waals surface area contributed by atoms with Crippen LogP contribution in [0.15, 0.2) is 84.9 Å². The summed E-state index contributed by atoms with van der Waals surface area (Å²) in [6.45, 7) is 1.81. The molecule has 0 aliphatic rings. The van der Waals surface area contributed by atoms with Gasteiger partial charge in [-0.05, 0) is 48.9 Å². The van der Waals surface area contributed by atoms with Crippen LogP contribution in [0.1, 0.15) is 26.3 Å². The predicted octanol–water partition coefficient (Wildman–Crippen LogP) is 3.47. The number of carbonyl (C=O) groups excluding carboxylic acids is 3. The fourth-order valence-corrected chi connectivity index (χ4v) is 2.95. The number of amides is 1. The van der Waals surface area contributed by atoms with Gasteiger partial charge in [-0.15, -0.1) is 0 Å². The number of aryl methyl sites for hydroxylation is 1. The maximum atomic E-state index is 13.0. The van der Waals surface area contributed by atoms with Gasteiger partial charge in [0, 0.05) is 5.69 Å². The third-order valence-corrected chi connectivity index (χ3v) is 4.55. The molecule has 0 heterocycles. The fourth-order valence-electron chi connectivity index (χ4n) is 2.95. The molecule has 0 aliphatic carbocycles. The zero-order valence-corrected chi connectivity index (χ0v) is 17.6. The van der Waals surface area contributed by atoms with E-state index in [9.17, 15) is 24.3 Å². The Morgan fingerprint density at radius 2 is 1.24 bits per heavy atom. The average molecular weight is 447 g/mol. The lowest BCUT2D eigenvalue weighted by Gasteiger charge is -2.23. The monoisotopic (exact) mass is 447 g/mol. The van der Waals surface area contributed by atoms with Crippen molar-refractivity contribution in [1.82, 2.24) is 0 Å². The normalized spacial score (nSPS) is 12.2. The smallest absolute Gasteiger partial charge is 0.349 e. The van der Waals surface area contributed by atoms with Crippen molar-refractivity contribution in [3.8, 4) is 0 Å². The Morgan fingerprint density at radius 3 is 1.73 bits per heavy atom. The summed E-state index contributed by atoms with van der Waals surface area (Å²) in [5.74, 6) is -4.53. The van der Waals surface area contributed by atoms with Crippen molar-refractivity contribution in [2.75, 3.05) is 5.32 Å². The lowest BCUT2D eigenvalue weighted by molar-refractivity contribution is -0.157. The van der Waals surface area contributed by atoms with Crippen molar-refractivity contribution in [2.24, 2.45) is 0 Å². The molecule has 3 rings (SSSR count). The predicted molar refractivity (Wildman–Crippen MR) is 119 cm³/mol. The number of carbonyl (C=O) groups is 4.